The van der Waals surface area contributed by atoms with Gasteiger partial charge in [0.05, 0.1) is 13.2 Å². The molecule has 3 aromatic rings. The van der Waals surface area contributed by atoms with Gasteiger partial charge in [-0.25, -0.2) is 0 Å². The number of unbranched alkanes of at least 4 members (excludes halogenated alkanes) is 8. The standard InChI is InChI=1S/C37H72N8.C33H62N8O.C32H61N7.C12H30N4/c1-27-38-30(41-37(13,14)26-32(2,3)4)40-31(39-27)45(29-24-35(9,10)43-36(11,12)25-29)21-19-17-16-18-20-44(15)28-22-33(5,6)42-34(7,8)23-28;1-25-34-28(40-17-19-42-20-18-40)36-29(35-25)41(27-23-32(6,7)38-33(8,9)24-27)16-14-12-11-13-15-39(10)26-21-30(2,3)37-31(4,5)22-26;1-14-16-18-38(25-20-29(4,5)36(12)30(6,7)21-25)27-33-24(3)34-28(35-27)39(19-17-15-2)26-22-31(8,9)37(13)32(10,11)23-26;1-13-7-5-9-15(3)11-12-16(4)10-6-8-14-2/h28-29,42-43H,16-26H2,1-15H3,(H,38,39,40,41);26-27,37-38H,11-24H2,1-10H3;25-26H,14-23H2,1-13H3;13-14H,5-12H2,1-4H3. The predicted molar refractivity (Wildman–Crippen MR) is 607 cm³/mol. The van der Waals surface area contributed by atoms with Gasteiger partial charge in [0.2, 0.25) is 35.7 Å². The lowest BCUT2D eigenvalue weighted by Crippen LogP contribution is -2.63. The Balaban J connectivity index is 0.000000269. The molecule has 142 heavy (non-hydrogen) atoms. The first-order chi connectivity index (χ1) is 65.5. The van der Waals surface area contributed by atoms with E-state index in [1.807, 2.05) is 27.9 Å². The van der Waals surface area contributed by atoms with Crippen molar-refractivity contribution in [3.63, 3.8) is 0 Å². The Bertz CT molecular complexity index is 3970. The zero-order chi connectivity index (χ0) is 106. The lowest BCUT2D eigenvalue weighted by Gasteiger charge is -2.56. The van der Waals surface area contributed by atoms with Crippen LogP contribution in [-0.2, 0) is 4.74 Å². The van der Waals surface area contributed by atoms with Gasteiger partial charge in [-0.05, 0) is 437 Å². The molecule has 822 valence electrons. The maximum atomic E-state index is 5.59. The van der Waals surface area contributed by atoms with E-state index in [1.165, 1.54) is 116 Å². The van der Waals surface area contributed by atoms with Crippen LogP contribution in [-0.4, -0.2) is 344 Å². The topological polar surface area (TPSA) is 245 Å². The van der Waals surface area contributed by atoms with Crippen molar-refractivity contribution in [3.8, 4) is 0 Å². The van der Waals surface area contributed by atoms with Gasteiger partial charge in [0.25, 0.3) is 0 Å². The minimum Gasteiger partial charge on any atom is -0.378 e. The van der Waals surface area contributed by atoms with Crippen LogP contribution in [0.2, 0.25) is 0 Å². The number of ether oxygens (including phenoxy) is 1. The molecule has 0 spiro atoms. The quantitative estimate of drug-likeness (QED) is 0.0260. The lowest BCUT2D eigenvalue weighted by atomic mass is 9.77. The zero-order valence-corrected chi connectivity index (χ0v) is 100. The average Bonchev–Trinajstić information content (AvgIpc) is 0.762. The molecule has 0 atom stereocenters. The number of nitrogens with one attached hydrogen (secondary N) is 7. The van der Waals surface area contributed by atoms with E-state index in [-0.39, 0.29) is 77.4 Å². The van der Waals surface area contributed by atoms with E-state index in [9.17, 15) is 0 Å². The van der Waals surface area contributed by atoms with Crippen molar-refractivity contribution >= 4 is 35.7 Å². The van der Waals surface area contributed by atoms with Crippen LogP contribution in [0.25, 0.3) is 0 Å². The number of aromatic nitrogens is 9. The molecule has 10 heterocycles. The van der Waals surface area contributed by atoms with E-state index in [1.54, 1.807) is 0 Å². The monoisotopic (exact) mass is 1990 g/mol. The smallest absolute Gasteiger partial charge is 0.230 e. The number of anilines is 6. The Morgan fingerprint density at radius 1 is 0.331 bits per heavy atom. The first kappa shape index (κ1) is 124. The van der Waals surface area contributed by atoms with E-state index < -0.39 is 0 Å². The fourth-order valence-electron chi connectivity index (χ4n) is 26.2. The van der Waals surface area contributed by atoms with E-state index in [4.69, 9.17) is 49.6 Å². The van der Waals surface area contributed by atoms with Crippen molar-refractivity contribution in [2.24, 2.45) is 5.41 Å². The summed E-state index contributed by atoms with van der Waals surface area (Å²) in [6, 6.07) is 2.84. The number of aryl methyl sites for hydroxylation is 3. The highest BCUT2D eigenvalue weighted by Crippen LogP contribution is 2.45. The summed E-state index contributed by atoms with van der Waals surface area (Å²) >= 11 is 0. The summed E-state index contributed by atoms with van der Waals surface area (Å²) in [5.41, 5.74) is 1.49. The molecule has 3 aromatic heterocycles. The molecule has 7 saturated heterocycles. The summed E-state index contributed by atoms with van der Waals surface area (Å²) < 4.78 is 5.59. The van der Waals surface area contributed by atoms with Gasteiger partial charge in [-0.2, -0.15) is 44.9 Å². The van der Waals surface area contributed by atoms with E-state index in [2.05, 4.69) is 355 Å². The SMILES string of the molecule is CCCCN(c1nc(C)nc(N(CCCC)C2CC(C)(C)N(C)C(C)(C)C2)n1)C1CC(C)(C)N(C)C(C)(C)C1.CNCCCN(C)CCN(C)CCCNC.Cc1nc(N2CCOCC2)nc(N(CCCCCCN(C)C2CC(C)(C)NC(C)(C)C2)C2CC(C)(C)NC(C)(C)C2)n1.Cc1nc(NC(C)(C)CC(C)(C)C)nc(N(CCCCCCN(C)C2CC(C)(C)NC(C)(C)C2)C2CC(C)(C)NC(C)(C)C2)n1. The first-order valence-electron chi connectivity index (χ1n) is 56.6. The molecule has 0 amide bonds. The number of likely N-dealkylation sites (tertiary alicyclic amines) is 2. The minimum absolute atomic E-state index is 0.0465. The molecular weight excluding hydrogens is 1760 g/mol. The molecule has 0 unspecified atom stereocenters. The van der Waals surface area contributed by atoms with Crippen molar-refractivity contribution in [3.05, 3.63) is 17.5 Å². The molecule has 28 nitrogen and oxygen atoms in total. The van der Waals surface area contributed by atoms with Crippen molar-refractivity contribution < 1.29 is 4.74 Å². The van der Waals surface area contributed by atoms with Gasteiger partial charge in [-0.15, -0.1) is 0 Å². The van der Waals surface area contributed by atoms with Crippen LogP contribution in [0.5, 0.6) is 0 Å². The molecule has 10 rings (SSSR count). The van der Waals surface area contributed by atoms with E-state index in [0.717, 1.165) is 209 Å². The van der Waals surface area contributed by atoms with Crippen LogP contribution in [0.15, 0.2) is 0 Å². The van der Waals surface area contributed by atoms with E-state index >= 15 is 0 Å². The van der Waals surface area contributed by atoms with Crippen LogP contribution in [0.3, 0.4) is 0 Å². The molecule has 7 N–H and O–H groups in total. The summed E-state index contributed by atoms with van der Waals surface area (Å²) in [6.07, 6.45) is 31.4. The second kappa shape index (κ2) is 52.8. The van der Waals surface area contributed by atoms with Gasteiger partial charge in [-0.1, -0.05) is 73.1 Å². The Hall–Kier alpha value is -4.69. The van der Waals surface area contributed by atoms with Gasteiger partial charge in [-0.3, -0.25) is 9.80 Å². The third-order valence-electron chi connectivity index (χ3n) is 31.8. The first-order valence-corrected chi connectivity index (χ1v) is 56.6. The Labute approximate surface area is 872 Å². The van der Waals surface area contributed by atoms with Crippen LogP contribution in [0, 0.1) is 26.2 Å². The Morgan fingerprint density at radius 2 is 0.613 bits per heavy atom. The predicted octanol–water partition coefficient (Wildman–Crippen LogP) is 19.4. The normalized spacial score (nSPS) is 21.9. The second-order valence-corrected chi connectivity index (χ2v) is 54.9. The second-order valence-electron chi connectivity index (χ2n) is 54.9. The highest BCUT2D eigenvalue weighted by atomic mass is 16.5. The average molecular weight is 1990 g/mol. The van der Waals surface area contributed by atoms with Crippen LogP contribution < -0.4 is 61.7 Å². The molecule has 0 aromatic carbocycles. The maximum Gasteiger partial charge on any atom is 0.230 e. The van der Waals surface area contributed by atoms with Gasteiger partial charge < -0.3 is 86.1 Å². The third kappa shape index (κ3) is 41.2. The Kier molecular flexibility index (Phi) is 46.2. The summed E-state index contributed by atoms with van der Waals surface area (Å²) in [4.78, 5) is 72.4. The molecule has 0 bridgehead atoms. The number of likely N-dealkylation sites (N-methyl/N-ethyl adjacent to an activating group) is 2. The minimum atomic E-state index is -0.125. The summed E-state index contributed by atoms with van der Waals surface area (Å²) in [6.45, 7) is 94.9. The molecule has 7 aliphatic rings. The summed E-state index contributed by atoms with van der Waals surface area (Å²) in [5.74, 6) is 7.31. The van der Waals surface area contributed by atoms with Gasteiger partial charge in [0.15, 0.2) is 0 Å². The van der Waals surface area contributed by atoms with Crippen molar-refractivity contribution in [1.29, 1.82) is 0 Å². The molecule has 0 saturated carbocycles. The fraction of sp³-hybridized carbons (Fsp3) is 0.921. The molecule has 0 radical (unpaired) electrons. The van der Waals surface area contributed by atoms with Gasteiger partial charge in [0.1, 0.15) is 17.5 Å². The van der Waals surface area contributed by atoms with Gasteiger partial charge >= 0.3 is 0 Å². The molecule has 7 aliphatic heterocycles. The number of hydrogen-bond acceptors (Lipinski definition) is 28. The highest BCUT2D eigenvalue weighted by Gasteiger charge is 2.50. The number of piperidine rings is 6. The molecule has 7 fully saturated rings. The summed E-state index contributed by atoms with van der Waals surface area (Å²) in [7, 11) is 17.7. The maximum absolute atomic E-state index is 5.59. The van der Waals surface area contributed by atoms with Crippen molar-refractivity contribution in [1.82, 2.24) is 106 Å². The van der Waals surface area contributed by atoms with Gasteiger partial charge in [0, 0.05) is 161 Å². The highest BCUT2D eigenvalue weighted by molar-refractivity contribution is 5.45. The van der Waals surface area contributed by atoms with Crippen LogP contribution in [0.4, 0.5) is 35.7 Å². The number of nitrogens with zero attached hydrogens (tertiary/aromatic N) is 20. The third-order valence-corrected chi connectivity index (χ3v) is 31.8. The summed E-state index contributed by atoms with van der Waals surface area (Å²) in [5, 5.41) is 25.4. The number of hydrogen-bond donors (Lipinski definition) is 7. The number of rotatable bonds is 45. The number of morpholine rings is 1. The van der Waals surface area contributed by atoms with Crippen molar-refractivity contribution in [2.75, 3.05) is 191 Å². The van der Waals surface area contributed by atoms with Crippen LogP contribution >= 0.6 is 0 Å². The lowest BCUT2D eigenvalue weighted by molar-refractivity contribution is -0.0130. The van der Waals surface area contributed by atoms with Crippen LogP contribution in [0.1, 0.15) is 405 Å². The molecular formula is C114H225N27O. The zero-order valence-electron chi connectivity index (χ0n) is 100. The Morgan fingerprint density at radius 3 is 0.930 bits per heavy atom. The fourth-order valence-corrected chi connectivity index (χ4v) is 26.2. The largest absolute Gasteiger partial charge is 0.378 e. The molecule has 0 aliphatic carbocycles. The van der Waals surface area contributed by atoms with Crippen molar-refractivity contribution in [2.45, 2.75) is 517 Å². The molecule has 28 heteroatoms. The van der Waals surface area contributed by atoms with E-state index in [0.29, 0.717) is 42.2 Å².